The minimum absolute atomic E-state index is 0.0550. The minimum Gasteiger partial charge on any atom is -0.492 e. The van der Waals surface area contributed by atoms with E-state index in [1.54, 1.807) is 12.3 Å². The van der Waals surface area contributed by atoms with Crippen molar-refractivity contribution in [1.29, 1.82) is 0 Å². The number of aromatic nitrogens is 3. The zero-order valence-electron chi connectivity index (χ0n) is 18.6. The molecular weight excluding hydrogens is 446 g/mol. The van der Waals surface area contributed by atoms with E-state index in [4.69, 9.17) is 4.42 Å². The van der Waals surface area contributed by atoms with Crippen LogP contribution in [0.3, 0.4) is 0 Å². The van der Waals surface area contributed by atoms with E-state index in [1.165, 1.54) is 21.4 Å². The molecule has 8 heteroatoms. The van der Waals surface area contributed by atoms with Gasteiger partial charge < -0.3 is 9.52 Å². The summed E-state index contributed by atoms with van der Waals surface area (Å²) in [7, 11) is 0. The molecule has 7 nitrogen and oxygen atoms in total. The molecule has 4 heterocycles. The van der Waals surface area contributed by atoms with Gasteiger partial charge in [-0.05, 0) is 23.3 Å². The third-order valence-electron chi connectivity index (χ3n) is 6.33. The molecule has 1 aliphatic rings. The lowest BCUT2D eigenvalue weighted by Crippen LogP contribution is -2.47. The van der Waals surface area contributed by atoms with Gasteiger partial charge in [0.2, 0.25) is 16.7 Å². The summed E-state index contributed by atoms with van der Waals surface area (Å²) >= 11 is 1.48. The van der Waals surface area contributed by atoms with Crippen molar-refractivity contribution in [2.75, 3.05) is 26.2 Å². The van der Waals surface area contributed by atoms with Crippen molar-refractivity contribution in [2.24, 2.45) is 0 Å². The average molecular weight is 472 g/mol. The van der Waals surface area contributed by atoms with Gasteiger partial charge >= 0.3 is 0 Å². The van der Waals surface area contributed by atoms with Crippen LogP contribution in [0.2, 0.25) is 0 Å². The first-order valence-electron chi connectivity index (χ1n) is 11.4. The summed E-state index contributed by atoms with van der Waals surface area (Å²) in [6, 6.07) is 24.6. The Bertz CT molecular complexity index is 1360. The number of rotatable bonds is 6. The molecule has 6 rings (SSSR count). The van der Waals surface area contributed by atoms with Gasteiger partial charge in [0.25, 0.3) is 0 Å². The van der Waals surface area contributed by atoms with Gasteiger partial charge in [-0.25, -0.2) is 0 Å². The molecule has 2 aromatic carbocycles. The van der Waals surface area contributed by atoms with Crippen molar-refractivity contribution < 1.29 is 9.52 Å². The van der Waals surface area contributed by atoms with Crippen LogP contribution >= 0.6 is 11.3 Å². The first-order chi connectivity index (χ1) is 16.8. The van der Waals surface area contributed by atoms with E-state index >= 15 is 0 Å². The minimum atomic E-state index is -0.0550. The predicted octanol–water partition coefficient (Wildman–Crippen LogP) is 4.66. The first kappa shape index (κ1) is 21.1. The van der Waals surface area contributed by atoms with E-state index in [9.17, 15) is 5.11 Å². The number of nitrogens with zero attached hydrogens (tertiary/aromatic N) is 5. The molecule has 0 amide bonds. The fourth-order valence-corrected chi connectivity index (χ4v) is 5.74. The number of thiazole rings is 1. The average Bonchev–Trinajstić information content (AvgIpc) is 3.61. The second kappa shape index (κ2) is 9.06. The van der Waals surface area contributed by atoms with E-state index in [0.717, 1.165) is 43.2 Å². The Kier molecular flexibility index (Phi) is 5.62. The fraction of sp³-hybridized carbons (Fsp3) is 0.231. The number of hydrogen-bond acceptors (Lipinski definition) is 7. The zero-order valence-corrected chi connectivity index (χ0v) is 19.4. The first-order valence-corrected chi connectivity index (χ1v) is 12.3. The standard InChI is InChI=1S/C26H25N5O2S/c32-25-23(34-26-27-24(28-31(25)26)21-12-7-17-33-21)22(20-10-5-2-6-11-20)30-15-13-29(14-16-30)18-19-8-3-1-4-9-19/h1-12,17,22,32H,13-16,18H2/t22-/m0/s1. The second-order valence-electron chi connectivity index (χ2n) is 8.51. The van der Waals surface area contributed by atoms with Gasteiger partial charge in [-0.3, -0.25) is 9.80 Å². The maximum absolute atomic E-state index is 11.2. The highest BCUT2D eigenvalue weighted by Gasteiger charge is 2.32. The summed E-state index contributed by atoms with van der Waals surface area (Å²) in [5, 5.41) is 15.7. The van der Waals surface area contributed by atoms with Crippen LogP contribution in [0.1, 0.15) is 22.0 Å². The van der Waals surface area contributed by atoms with Crippen LogP contribution in [0.25, 0.3) is 16.5 Å². The monoisotopic (exact) mass is 471 g/mol. The highest BCUT2D eigenvalue weighted by molar-refractivity contribution is 7.17. The van der Waals surface area contributed by atoms with E-state index < -0.39 is 0 Å². The topological polar surface area (TPSA) is 70.0 Å². The van der Waals surface area contributed by atoms with Gasteiger partial charge in [0.15, 0.2) is 5.76 Å². The smallest absolute Gasteiger partial charge is 0.230 e. The van der Waals surface area contributed by atoms with E-state index in [2.05, 4.69) is 74.5 Å². The van der Waals surface area contributed by atoms with Crippen LogP contribution < -0.4 is 0 Å². The molecule has 34 heavy (non-hydrogen) atoms. The van der Waals surface area contributed by atoms with Crippen LogP contribution in [0, 0.1) is 0 Å². The molecule has 1 N–H and O–H groups in total. The van der Waals surface area contributed by atoms with Crippen LogP contribution in [0.4, 0.5) is 0 Å². The highest BCUT2D eigenvalue weighted by Crippen LogP contribution is 2.40. The summed E-state index contributed by atoms with van der Waals surface area (Å²) in [5.41, 5.74) is 2.50. The summed E-state index contributed by atoms with van der Waals surface area (Å²) in [6.45, 7) is 4.74. The van der Waals surface area contributed by atoms with E-state index in [0.29, 0.717) is 16.5 Å². The molecule has 0 spiro atoms. The lowest BCUT2D eigenvalue weighted by atomic mass is 10.0. The lowest BCUT2D eigenvalue weighted by Gasteiger charge is -2.39. The molecule has 0 saturated carbocycles. The SMILES string of the molecule is Oc1c([C@H](c2ccccc2)N2CCN(Cc3ccccc3)CC2)sc2nc(-c3ccco3)nn12. The molecular formula is C26H25N5O2S. The lowest BCUT2D eigenvalue weighted by molar-refractivity contribution is 0.105. The fourth-order valence-electron chi connectivity index (χ4n) is 4.62. The Morgan fingerprint density at radius 3 is 2.32 bits per heavy atom. The Labute approximate surface area is 201 Å². The van der Waals surface area contributed by atoms with Gasteiger partial charge in [-0.15, -0.1) is 5.10 Å². The number of hydrogen-bond donors (Lipinski definition) is 1. The molecule has 0 radical (unpaired) electrons. The molecule has 1 fully saturated rings. The summed E-state index contributed by atoms with van der Waals surface area (Å²) in [6.07, 6.45) is 1.60. The van der Waals surface area contributed by atoms with Crippen molar-refractivity contribution in [2.45, 2.75) is 12.6 Å². The highest BCUT2D eigenvalue weighted by atomic mass is 32.1. The van der Waals surface area contributed by atoms with Crippen molar-refractivity contribution in [3.8, 4) is 17.5 Å². The third kappa shape index (κ3) is 4.00. The largest absolute Gasteiger partial charge is 0.492 e. The predicted molar refractivity (Wildman–Crippen MR) is 132 cm³/mol. The van der Waals surface area contributed by atoms with Gasteiger partial charge in [0.1, 0.15) is 0 Å². The number of fused-ring (bicyclic) bond motifs is 1. The zero-order chi connectivity index (χ0) is 22.9. The molecule has 172 valence electrons. The van der Waals surface area contributed by atoms with Crippen molar-refractivity contribution >= 4 is 16.3 Å². The second-order valence-corrected chi connectivity index (χ2v) is 9.52. The Morgan fingerprint density at radius 2 is 1.65 bits per heavy atom. The van der Waals surface area contributed by atoms with Crippen molar-refractivity contribution in [3.63, 3.8) is 0 Å². The molecule has 0 unspecified atom stereocenters. The third-order valence-corrected chi connectivity index (χ3v) is 7.40. The van der Waals surface area contributed by atoms with Crippen LogP contribution in [-0.2, 0) is 6.54 Å². The van der Waals surface area contributed by atoms with Gasteiger partial charge in [-0.1, -0.05) is 72.0 Å². The van der Waals surface area contributed by atoms with Crippen molar-refractivity contribution in [3.05, 3.63) is 95.1 Å². The number of aromatic hydroxyl groups is 1. The Morgan fingerprint density at radius 1 is 0.912 bits per heavy atom. The quantitative estimate of drug-likeness (QED) is 0.388. The summed E-state index contributed by atoms with van der Waals surface area (Å²) in [5.74, 6) is 1.21. The summed E-state index contributed by atoms with van der Waals surface area (Å²) < 4.78 is 6.95. The van der Waals surface area contributed by atoms with Crippen LogP contribution in [0.5, 0.6) is 5.88 Å². The number of furan rings is 1. The molecule has 1 atom stereocenters. The maximum atomic E-state index is 11.2. The van der Waals surface area contributed by atoms with E-state index in [-0.39, 0.29) is 11.9 Å². The molecule has 1 aliphatic heterocycles. The molecule has 1 saturated heterocycles. The van der Waals surface area contributed by atoms with Crippen molar-refractivity contribution in [1.82, 2.24) is 24.4 Å². The molecule has 0 bridgehead atoms. The van der Waals surface area contributed by atoms with Crippen LogP contribution in [0.15, 0.2) is 83.5 Å². The Balaban J connectivity index is 1.28. The molecule has 5 aromatic rings. The number of piperazine rings is 1. The van der Waals surface area contributed by atoms with Crippen LogP contribution in [-0.4, -0.2) is 55.7 Å². The molecule has 3 aromatic heterocycles. The molecule has 0 aliphatic carbocycles. The van der Waals surface area contributed by atoms with E-state index in [1.807, 2.05) is 12.1 Å². The Hall–Kier alpha value is -3.46. The number of benzene rings is 2. The van der Waals surface area contributed by atoms with Gasteiger partial charge in [0, 0.05) is 32.7 Å². The van der Waals surface area contributed by atoms with Gasteiger partial charge in [-0.2, -0.15) is 9.50 Å². The normalized spacial score (nSPS) is 16.2. The van der Waals surface area contributed by atoms with Gasteiger partial charge in [0.05, 0.1) is 17.2 Å². The summed E-state index contributed by atoms with van der Waals surface area (Å²) in [4.78, 5) is 11.1. The maximum Gasteiger partial charge on any atom is 0.230 e.